The van der Waals surface area contributed by atoms with Gasteiger partial charge in [0.25, 0.3) is 0 Å². The molecule has 0 spiro atoms. The molecule has 0 saturated carbocycles. The number of hydrogen-bond donors (Lipinski definition) is 3. The third-order valence-corrected chi connectivity index (χ3v) is 5.20. The topological polar surface area (TPSA) is 96.5 Å². The van der Waals surface area contributed by atoms with E-state index in [-0.39, 0.29) is 5.41 Å². The van der Waals surface area contributed by atoms with Gasteiger partial charge in [0, 0.05) is 13.2 Å². The van der Waals surface area contributed by atoms with Crippen LogP contribution in [0.3, 0.4) is 0 Å². The van der Waals surface area contributed by atoms with Crippen molar-refractivity contribution < 1.29 is 8.85 Å². The fraction of sp³-hybridized carbons (Fsp3) is 1.00. The molecule has 1 atom stereocenters. The fourth-order valence-corrected chi connectivity index (χ4v) is 3.75. The van der Waals surface area contributed by atoms with Crippen LogP contribution in [0.2, 0.25) is 6.55 Å². The van der Waals surface area contributed by atoms with E-state index in [1.165, 1.54) is 0 Å². The molecule has 0 aromatic rings. The van der Waals surface area contributed by atoms with Gasteiger partial charge >= 0.3 is 9.28 Å². The van der Waals surface area contributed by atoms with Crippen molar-refractivity contribution in [3.8, 4) is 0 Å². The molecule has 0 aromatic heterocycles. The van der Waals surface area contributed by atoms with Crippen LogP contribution in [0.1, 0.15) is 45.4 Å². The average Bonchev–Trinajstić information content (AvgIpc) is 2.46. The minimum atomic E-state index is -1.50. The van der Waals surface area contributed by atoms with Crippen LogP contribution < -0.4 is 17.2 Å². The van der Waals surface area contributed by atoms with E-state index in [2.05, 4.69) is 6.55 Å². The van der Waals surface area contributed by atoms with Gasteiger partial charge in [-0.05, 0) is 77.0 Å². The second-order valence-corrected chi connectivity index (χ2v) is 7.31. The minimum Gasteiger partial charge on any atom is -0.397 e. The molecule has 122 valence electrons. The normalized spacial score (nSPS) is 13.7. The maximum Gasteiger partial charge on any atom is 0.318 e. The molecular formula is C14H35N3O2Si. The van der Waals surface area contributed by atoms with Gasteiger partial charge in [-0.1, -0.05) is 0 Å². The summed E-state index contributed by atoms with van der Waals surface area (Å²) in [6.07, 6.45) is 6.37. The van der Waals surface area contributed by atoms with Crippen molar-refractivity contribution in [3.05, 3.63) is 0 Å². The molecule has 20 heavy (non-hydrogen) atoms. The van der Waals surface area contributed by atoms with Crippen molar-refractivity contribution in [1.29, 1.82) is 0 Å². The molecule has 1 unspecified atom stereocenters. The first-order chi connectivity index (χ1) is 9.64. The average molecular weight is 306 g/mol. The van der Waals surface area contributed by atoms with Gasteiger partial charge in [-0.25, -0.2) is 0 Å². The largest absolute Gasteiger partial charge is 0.397 e. The first-order valence-corrected chi connectivity index (χ1v) is 10.1. The summed E-state index contributed by atoms with van der Waals surface area (Å²) in [6, 6.07) is 0. The Bertz CT molecular complexity index is 199. The summed E-state index contributed by atoms with van der Waals surface area (Å²) in [7, 11) is -1.50. The first-order valence-electron chi connectivity index (χ1n) is 7.97. The Morgan fingerprint density at radius 1 is 0.850 bits per heavy atom. The Balaban J connectivity index is 4.56. The van der Waals surface area contributed by atoms with E-state index in [1.54, 1.807) is 0 Å². The number of nitrogens with two attached hydrogens (primary N) is 3. The van der Waals surface area contributed by atoms with E-state index in [4.69, 9.17) is 26.1 Å². The summed E-state index contributed by atoms with van der Waals surface area (Å²) >= 11 is 0. The van der Waals surface area contributed by atoms with E-state index in [9.17, 15) is 0 Å². The molecular weight excluding hydrogens is 270 g/mol. The molecule has 6 heteroatoms. The van der Waals surface area contributed by atoms with Crippen molar-refractivity contribution in [2.24, 2.45) is 22.6 Å². The summed E-state index contributed by atoms with van der Waals surface area (Å²) in [5, 5.41) is 0. The maximum absolute atomic E-state index is 6.03. The summed E-state index contributed by atoms with van der Waals surface area (Å²) in [6.45, 7) is 7.78. The van der Waals surface area contributed by atoms with Crippen LogP contribution in [-0.4, -0.2) is 42.1 Å². The van der Waals surface area contributed by atoms with Gasteiger partial charge in [-0.3, -0.25) is 0 Å². The van der Waals surface area contributed by atoms with Gasteiger partial charge in [-0.15, -0.1) is 0 Å². The molecule has 6 N–H and O–H groups in total. The first kappa shape index (κ1) is 20.0. The van der Waals surface area contributed by atoms with Crippen LogP contribution in [0.5, 0.6) is 0 Å². The highest BCUT2D eigenvalue weighted by molar-refractivity contribution is 6.42. The minimum absolute atomic E-state index is 0.177. The smallest absolute Gasteiger partial charge is 0.318 e. The van der Waals surface area contributed by atoms with Gasteiger partial charge in [0.15, 0.2) is 0 Å². The molecule has 0 aliphatic heterocycles. The Morgan fingerprint density at radius 3 is 1.65 bits per heavy atom. The Kier molecular flexibility index (Phi) is 12.7. The highest BCUT2D eigenvalue weighted by atomic mass is 28.3. The van der Waals surface area contributed by atoms with Crippen LogP contribution in [-0.2, 0) is 8.85 Å². The SMILES string of the molecule is CCO[SiH](C)OCC(CCCN)(CCCN)CCCN. The van der Waals surface area contributed by atoms with Crippen LogP contribution >= 0.6 is 0 Å². The van der Waals surface area contributed by atoms with Crippen molar-refractivity contribution in [2.45, 2.75) is 52.0 Å². The molecule has 0 aromatic carbocycles. The third-order valence-electron chi connectivity index (χ3n) is 3.76. The number of rotatable bonds is 14. The van der Waals surface area contributed by atoms with Gasteiger partial charge in [-0.2, -0.15) is 0 Å². The lowest BCUT2D eigenvalue weighted by molar-refractivity contribution is 0.0831. The molecule has 5 nitrogen and oxygen atoms in total. The Labute approximate surface area is 126 Å². The lowest BCUT2D eigenvalue weighted by Gasteiger charge is -2.35. The quantitative estimate of drug-likeness (QED) is 0.418. The van der Waals surface area contributed by atoms with E-state index >= 15 is 0 Å². The molecule has 0 radical (unpaired) electrons. The molecule has 0 bridgehead atoms. The Hall–Kier alpha value is 0.0169. The summed E-state index contributed by atoms with van der Waals surface area (Å²) in [5.41, 5.74) is 17.2. The van der Waals surface area contributed by atoms with E-state index < -0.39 is 9.28 Å². The standard InChI is InChI=1S/C14H35N3O2Si/c1-3-18-20(2)19-13-14(7-4-10-15,8-5-11-16)9-6-12-17/h20H,3-13,15-17H2,1-2H3. The molecule has 0 saturated heterocycles. The highest BCUT2D eigenvalue weighted by Crippen LogP contribution is 2.35. The van der Waals surface area contributed by atoms with Gasteiger partial charge in [0.1, 0.15) is 0 Å². The molecule has 0 aliphatic carbocycles. The molecule has 0 rings (SSSR count). The zero-order valence-corrected chi connectivity index (χ0v) is 14.6. The van der Waals surface area contributed by atoms with Crippen LogP contribution in [0.4, 0.5) is 0 Å². The van der Waals surface area contributed by atoms with E-state index in [0.717, 1.165) is 71.4 Å². The van der Waals surface area contributed by atoms with Crippen LogP contribution in [0.25, 0.3) is 0 Å². The molecule has 0 heterocycles. The van der Waals surface area contributed by atoms with Gasteiger partial charge < -0.3 is 26.1 Å². The zero-order valence-electron chi connectivity index (χ0n) is 13.4. The third kappa shape index (κ3) is 9.04. The molecule has 0 aliphatic rings. The maximum atomic E-state index is 6.03. The summed E-state index contributed by atoms with van der Waals surface area (Å²) in [4.78, 5) is 0. The molecule has 0 fully saturated rings. The zero-order chi connectivity index (χ0) is 15.3. The lowest BCUT2D eigenvalue weighted by atomic mass is 9.76. The van der Waals surface area contributed by atoms with Crippen LogP contribution in [0.15, 0.2) is 0 Å². The van der Waals surface area contributed by atoms with Crippen molar-refractivity contribution in [2.75, 3.05) is 32.8 Å². The highest BCUT2D eigenvalue weighted by Gasteiger charge is 2.29. The Morgan fingerprint density at radius 2 is 1.30 bits per heavy atom. The predicted molar refractivity (Wildman–Crippen MR) is 87.9 cm³/mol. The molecule has 0 amide bonds. The van der Waals surface area contributed by atoms with Gasteiger partial charge in [0.2, 0.25) is 0 Å². The van der Waals surface area contributed by atoms with Crippen molar-refractivity contribution >= 4 is 9.28 Å². The fourth-order valence-electron chi connectivity index (χ4n) is 2.60. The summed E-state index contributed by atoms with van der Waals surface area (Å²) in [5.74, 6) is 0. The summed E-state index contributed by atoms with van der Waals surface area (Å²) < 4.78 is 11.6. The lowest BCUT2D eigenvalue weighted by Crippen LogP contribution is -2.33. The van der Waals surface area contributed by atoms with E-state index in [1.807, 2.05) is 6.92 Å². The van der Waals surface area contributed by atoms with Gasteiger partial charge in [0.05, 0.1) is 0 Å². The second kappa shape index (κ2) is 12.7. The number of hydrogen-bond acceptors (Lipinski definition) is 5. The second-order valence-electron chi connectivity index (χ2n) is 5.51. The van der Waals surface area contributed by atoms with E-state index in [0.29, 0.717) is 0 Å². The predicted octanol–water partition coefficient (Wildman–Crippen LogP) is 1.09. The van der Waals surface area contributed by atoms with Crippen molar-refractivity contribution in [1.82, 2.24) is 0 Å². The van der Waals surface area contributed by atoms with Crippen molar-refractivity contribution in [3.63, 3.8) is 0 Å². The monoisotopic (exact) mass is 305 g/mol. The van der Waals surface area contributed by atoms with Crippen LogP contribution in [0, 0.1) is 5.41 Å².